The molecule has 0 saturated carbocycles. The Balaban J connectivity index is 0.000000283. The molecule has 1 unspecified atom stereocenters. The van der Waals surface area contributed by atoms with Crippen molar-refractivity contribution in [2.24, 2.45) is 0 Å². The second-order valence-corrected chi connectivity index (χ2v) is 12.6. The molecule has 5 rings (SSSR count). The Kier molecular flexibility index (Phi) is 10.6. The smallest absolute Gasteiger partial charge is 0.410 e. The van der Waals surface area contributed by atoms with E-state index < -0.39 is 5.60 Å². The number of rotatable bonds is 6. The second kappa shape index (κ2) is 14.2. The quantitative estimate of drug-likeness (QED) is 0.301. The van der Waals surface area contributed by atoms with Gasteiger partial charge in [-0.2, -0.15) is 0 Å². The van der Waals surface area contributed by atoms with Gasteiger partial charge >= 0.3 is 6.09 Å². The van der Waals surface area contributed by atoms with Crippen LogP contribution in [0.15, 0.2) is 47.3 Å². The summed E-state index contributed by atoms with van der Waals surface area (Å²) >= 11 is 3.59. The fourth-order valence-electron chi connectivity index (χ4n) is 5.37. The minimum Gasteiger partial charge on any atom is -0.444 e. The monoisotopic (exact) mass is 639 g/mol. The van der Waals surface area contributed by atoms with E-state index in [9.17, 15) is 9.59 Å². The van der Waals surface area contributed by atoms with Crippen LogP contribution in [0.1, 0.15) is 61.2 Å². The molecule has 226 valence electrons. The van der Waals surface area contributed by atoms with Gasteiger partial charge in [-0.25, -0.2) is 9.78 Å². The number of aryl methyl sites for hydroxylation is 4. The number of nitrogens with two attached hydrogens (primary N) is 1. The van der Waals surface area contributed by atoms with Crippen molar-refractivity contribution < 1.29 is 14.3 Å². The number of aromatic nitrogens is 3. The van der Waals surface area contributed by atoms with Crippen LogP contribution in [0, 0.1) is 6.92 Å². The lowest BCUT2D eigenvalue weighted by molar-refractivity contribution is -0.109. The number of hydrogen-bond acceptors (Lipinski definition) is 7. The van der Waals surface area contributed by atoms with Crippen molar-refractivity contribution in [1.29, 1.82) is 0 Å². The molecule has 3 heterocycles. The molecule has 0 spiro atoms. The summed E-state index contributed by atoms with van der Waals surface area (Å²) in [6, 6.07) is 9.12. The van der Waals surface area contributed by atoms with Gasteiger partial charge in [-0.1, -0.05) is 23.8 Å². The summed E-state index contributed by atoms with van der Waals surface area (Å²) in [5.41, 5.74) is 11.5. The number of piperazine rings is 1. The van der Waals surface area contributed by atoms with Gasteiger partial charge in [0.15, 0.2) is 5.95 Å². The number of nitrogens with one attached hydrogen (secondary N) is 1. The molecule has 1 fully saturated rings. The lowest BCUT2D eigenvalue weighted by Gasteiger charge is -2.40. The van der Waals surface area contributed by atoms with Crippen LogP contribution in [0.5, 0.6) is 0 Å². The van der Waals surface area contributed by atoms with Gasteiger partial charge in [0.25, 0.3) is 0 Å². The number of carbonyl (C=O) groups is 2. The third-order valence-electron chi connectivity index (χ3n) is 7.37. The van der Waals surface area contributed by atoms with Gasteiger partial charge in [0.2, 0.25) is 6.41 Å². The molecule has 0 bridgehead atoms. The number of nitrogen functional groups attached to an aromatic ring is 1. The van der Waals surface area contributed by atoms with Crippen molar-refractivity contribution in [3.8, 4) is 0 Å². The van der Waals surface area contributed by atoms with E-state index in [0.717, 1.165) is 49.1 Å². The summed E-state index contributed by atoms with van der Waals surface area (Å²) in [5.74, 6) is 0.515. The van der Waals surface area contributed by atoms with Crippen LogP contribution in [0.25, 0.3) is 0 Å². The summed E-state index contributed by atoms with van der Waals surface area (Å²) in [6.45, 7) is 12.3. The molecule has 1 atom stereocenters. The first kappa shape index (κ1) is 31.5. The van der Waals surface area contributed by atoms with Crippen molar-refractivity contribution in [3.63, 3.8) is 0 Å². The predicted octanol–water partition coefficient (Wildman–Crippen LogP) is 4.49. The zero-order valence-electron chi connectivity index (χ0n) is 25.0. The number of amides is 2. The van der Waals surface area contributed by atoms with Gasteiger partial charge in [0, 0.05) is 62.3 Å². The number of halogens is 1. The zero-order valence-corrected chi connectivity index (χ0v) is 26.6. The Morgan fingerprint density at radius 3 is 2.55 bits per heavy atom. The van der Waals surface area contributed by atoms with Gasteiger partial charge in [0.1, 0.15) is 5.60 Å². The maximum Gasteiger partial charge on any atom is 0.410 e. The maximum atomic E-state index is 12.5. The van der Waals surface area contributed by atoms with E-state index in [-0.39, 0.29) is 12.1 Å². The largest absolute Gasteiger partial charge is 0.444 e. The average Bonchev–Trinajstić information content (AvgIpc) is 3.28. The highest BCUT2D eigenvalue weighted by Crippen LogP contribution is 2.37. The van der Waals surface area contributed by atoms with Crippen LogP contribution in [0.2, 0.25) is 0 Å². The normalized spacial score (nSPS) is 16.8. The van der Waals surface area contributed by atoms with Gasteiger partial charge in [-0.15, -0.1) is 0 Å². The maximum absolute atomic E-state index is 12.5. The first-order valence-corrected chi connectivity index (χ1v) is 15.2. The minimum absolute atomic E-state index is 0.118. The number of benzene rings is 1. The number of imidazole rings is 1. The molecule has 1 aliphatic carbocycles. The zero-order chi connectivity index (χ0) is 30.3. The van der Waals surface area contributed by atoms with Crippen LogP contribution in [-0.2, 0) is 28.9 Å². The third kappa shape index (κ3) is 8.32. The van der Waals surface area contributed by atoms with Gasteiger partial charge in [-0.05, 0) is 85.6 Å². The molecule has 1 aromatic carbocycles. The predicted molar refractivity (Wildman–Crippen MR) is 167 cm³/mol. The minimum atomic E-state index is -0.470. The highest BCUT2D eigenvalue weighted by Gasteiger charge is 2.34. The Labute approximate surface area is 256 Å². The van der Waals surface area contributed by atoms with E-state index in [0.29, 0.717) is 32.0 Å². The standard InChI is InChI=1S/C24H30BrN3O2.C7H12N4O/c1-16-5-8-20-17(13-16)6-7-18-14-19(25)15-26-21(18)22(20)27-9-11-28(12-10-27)23(29)30-24(2,3)4;8-7-10-3-5-11(7)4-1-2-9-6-12/h5,8,13-15,22H,6-7,9-12H2,1-4H3;3,5-6H,1-2,4H2,(H2,8,10)(H,9,12). The fraction of sp³-hybridized carbons (Fsp3) is 0.484. The highest BCUT2D eigenvalue weighted by molar-refractivity contribution is 9.10. The van der Waals surface area contributed by atoms with E-state index in [4.69, 9.17) is 15.5 Å². The molecular formula is C31H42BrN7O3. The van der Waals surface area contributed by atoms with Crippen molar-refractivity contribution in [1.82, 2.24) is 29.7 Å². The summed E-state index contributed by atoms with van der Waals surface area (Å²) in [7, 11) is 0. The number of hydrogen-bond donors (Lipinski definition) is 2. The summed E-state index contributed by atoms with van der Waals surface area (Å²) in [4.78, 5) is 35.4. The Hall–Kier alpha value is -3.44. The fourth-order valence-corrected chi connectivity index (χ4v) is 5.75. The van der Waals surface area contributed by atoms with E-state index >= 15 is 0 Å². The summed E-state index contributed by atoms with van der Waals surface area (Å²) < 4.78 is 8.43. The van der Waals surface area contributed by atoms with Crippen LogP contribution in [-0.4, -0.2) is 75.2 Å². The number of pyridine rings is 1. The van der Waals surface area contributed by atoms with Crippen LogP contribution in [0.4, 0.5) is 10.7 Å². The highest BCUT2D eigenvalue weighted by atomic mass is 79.9. The molecule has 1 aliphatic heterocycles. The molecule has 42 heavy (non-hydrogen) atoms. The average molecular weight is 641 g/mol. The molecule has 0 radical (unpaired) electrons. The van der Waals surface area contributed by atoms with Gasteiger partial charge in [-0.3, -0.25) is 14.7 Å². The first-order chi connectivity index (χ1) is 20.1. The van der Waals surface area contributed by atoms with Crippen molar-refractivity contribution >= 4 is 34.4 Å². The van der Waals surface area contributed by atoms with Crippen LogP contribution in [0.3, 0.4) is 0 Å². The molecular weight excluding hydrogens is 598 g/mol. The van der Waals surface area contributed by atoms with Crippen molar-refractivity contribution in [2.45, 2.75) is 65.1 Å². The second-order valence-electron chi connectivity index (χ2n) is 11.7. The van der Waals surface area contributed by atoms with Crippen molar-refractivity contribution in [2.75, 3.05) is 38.5 Å². The molecule has 3 aromatic rings. The molecule has 11 heteroatoms. The molecule has 2 amide bonds. The van der Waals surface area contributed by atoms with E-state index in [2.05, 4.69) is 62.3 Å². The summed E-state index contributed by atoms with van der Waals surface area (Å²) in [5, 5.41) is 2.58. The molecule has 1 saturated heterocycles. The number of nitrogens with zero attached hydrogens (tertiary/aromatic N) is 5. The number of anilines is 1. The topological polar surface area (TPSA) is 119 Å². The van der Waals surface area contributed by atoms with Crippen LogP contribution >= 0.6 is 15.9 Å². The van der Waals surface area contributed by atoms with Gasteiger partial charge < -0.3 is 25.3 Å². The Bertz CT molecular complexity index is 1310. The Morgan fingerprint density at radius 2 is 1.88 bits per heavy atom. The molecule has 2 aromatic heterocycles. The lowest BCUT2D eigenvalue weighted by Crippen LogP contribution is -2.51. The molecule has 2 aliphatic rings. The first-order valence-electron chi connectivity index (χ1n) is 14.4. The number of carbonyl (C=O) groups excluding carboxylic acids is 2. The lowest BCUT2D eigenvalue weighted by atomic mass is 9.94. The molecule has 10 nitrogen and oxygen atoms in total. The van der Waals surface area contributed by atoms with E-state index in [1.54, 1.807) is 6.20 Å². The van der Waals surface area contributed by atoms with Crippen molar-refractivity contribution in [3.05, 3.63) is 75.3 Å². The van der Waals surface area contributed by atoms with Gasteiger partial charge in [0.05, 0.1) is 11.7 Å². The molecule has 3 N–H and O–H groups in total. The number of fused-ring (bicyclic) bond motifs is 2. The Morgan fingerprint density at radius 1 is 1.14 bits per heavy atom. The summed E-state index contributed by atoms with van der Waals surface area (Å²) in [6.07, 6.45) is 8.72. The SMILES string of the molecule is Cc1ccc2c(c1)CCc1cc(Br)cnc1C2N1CCN(C(=O)OC(C)(C)C)CC1.Nc1nccn1CCCNC=O. The number of ether oxygens (including phenoxy) is 1. The third-order valence-corrected chi connectivity index (χ3v) is 7.80. The van der Waals surface area contributed by atoms with E-state index in [1.807, 2.05) is 42.6 Å². The van der Waals surface area contributed by atoms with Crippen LogP contribution < -0.4 is 11.1 Å². The van der Waals surface area contributed by atoms with E-state index in [1.165, 1.54) is 22.3 Å².